The largest absolute Gasteiger partial charge is 0.436 e. The van der Waals surface area contributed by atoms with E-state index in [0.29, 0.717) is 28.1 Å². The normalized spacial score (nSPS) is 13.7. The Morgan fingerprint density at radius 1 is 1.17 bits per heavy atom. The van der Waals surface area contributed by atoms with Gasteiger partial charge in [0.15, 0.2) is 5.76 Å². The van der Waals surface area contributed by atoms with E-state index >= 15 is 0 Å². The molecule has 1 aliphatic carbocycles. The highest BCUT2D eigenvalue weighted by atomic mass is 16.3. The number of nitrogens with two attached hydrogens (primary N) is 1. The van der Waals surface area contributed by atoms with Gasteiger partial charge in [-0.2, -0.15) is 5.26 Å². The first-order valence-electron chi connectivity index (χ1n) is 7.90. The number of hydrogen-bond donors (Lipinski definition) is 1. The van der Waals surface area contributed by atoms with Crippen LogP contribution in [-0.4, -0.2) is 4.98 Å². The molecule has 0 saturated heterocycles. The molecule has 2 N–H and O–H groups in total. The van der Waals surface area contributed by atoms with Gasteiger partial charge in [0.25, 0.3) is 0 Å². The summed E-state index contributed by atoms with van der Waals surface area (Å²) in [6, 6.07) is 10.2. The van der Waals surface area contributed by atoms with E-state index < -0.39 is 0 Å². The molecule has 0 bridgehead atoms. The van der Waals surface area contributed by atoms with Crippen molar-refractivity contribution in [2.75, 3.05) is 5.73 Å². The number of pyridine rings is 1. The molecule has 4 rings (SSSR count). The summed E-state index contributed by atoms with van der Waals surface area (Å²) >= 11 is 0. The number of furan rings is 1. The molecule has 1 aromatic carbocycles. The van der Waals surface area contributed by atoms with Gasteiger partial charge in [0.05, 0.1) is 11.1 Å². The van der Waals surface area contributed by atoms with Gasteiger partial charge in [-0.25, -0.2) is 4.98 Å². The van der Waals surface area contributed by atoms with Crippen molar-refractivity contribution in [3.8, 4) is 17.4 Å². The monoisotopic (exact) mass is 303 g/mol. The minimum atomic E-state index is 0.482. The number of fused-ring (bicyclic) bond motifs is 2. The van der Waals surface area contributed by atoms with Crippen molar-refractivity contribution in [1.29, 1.82) is 5.26 Å². The molecule has 4 nitrogen and oxygen atoms in total. The summed E-state index contributed by atoms with van der Waals surface area (Å²) in [5.74, 6) is 0.559. The number of nitrogens with zero attached hydrogens (tertiary/aromatic N) is 2. The van der Waals surface area contributed by atoms with Gasteiger partial charge in [0, 0.05) is 11.3 Å². The Kier molecular flexibility index (Phi) is 3.09. The molecule has 0 fully saturated rings. The second-order valence-corrected chi connectivity index (χ2v) is 6.12. The molecule has 0 aliphatic heterocycles. The van der Waals surface area contributed by atoms with Crippen LogP contribution in [-0.2, 0) is 12.8 Å². The molecule has 3 aromatic rings. The summed E-state index contributed by atoms with van der Waals surface area (Å²) in [4.78, 5) is 4.65. The first-order chi connectivity index (χ1) is 11.2. The molecular formula is C19H17N3O. The third kappa shape index (κ3) is 2.08. The van der Waals surface area contributed by atoms with Gasteiger partial charge >= 0.3 is 0 Å². The Labute approximate surface area is 134 Å². The second kappa shape index (κ2) is 5.13. The third-order valence-electron chi connectivity index (χ3n) is 4.58. The Morgan fingerprint density at radius 3 is 2.65 bits per heavy atom. The van der Waals surface area contributed by atoms with Crippen LogP contribution in [0.2, 0.25) is 0 Å². The van der Waals surface area contributed by atoms with Crippen LogP contribution in [0.4, 0.5) is 5.69 Å². The number of anilines is 1. The van der Waals surface area contributed by atoms with Crippen LogP contribution in [0.5, 0.6) is 0 Å². The lowest BCUT2D eigenvalue weighted by Gasteiger charge is -2.16. The average molecular weight is 303 g/mol. The lowest BCUT2D eigenvalue weighted by molar-refractivity contribution is 0.607. The Balaban J connectivity index is 2.02. The van der Waals surface area contributed by atoms with E-state index in [1.165, 1.54) is 0 Å². The van der Waals surface area contributed by atoms with Crippen LogP contribution in [0.15, 0.2) is 28.7 Å². The Morgan fingerprint density at radius 2 is 1.91 bits per heavy atom. The van der Waals surface area contributed by atoms with Crippen molar-refractivity contribution in [1.82, 2.24) is 4.98 Å². The molecule has 1 aliphatic rings. The molecule has 0 unspecified atom stereocenters. The predicted octanol–water partition coefficient (Wildman–Crippen LogP) is 4.14. The van der Waals surface area contributed by atoms with Gasteiger partial charge in [-0.05, 0) is 38.2 Å². The first-order valence-corrected chi connectivity index (χ1v) is 7.90. The van der Waals surface area contributed by atoms with E-state index in [4.69, 9.17) is 10.2 Å². The quantitative estimate of drug-likeness (QED) is 0.733. The highest BCUT2D eigenvalue weighted by Gasteiger charge is 2.24. The maximum absolute atomic E-state index is 9.66. The molecule has 0 saturated carbocycles. The zero-order chi connectivity index (χ0) is 16.0. The molecule has 0 spiro atoms. The van der Waals surface area contributed by atoms with Crippen LogP contribution < -0.4 is 5.73 Å². The molecular weight excluding hydrogens is 286 g/mol. The number of nitrogen functional groups attached to an aromatic ring is 1. The van der Waals surface area contributed by atoms with Gasteiger partial charge in [0.1, 0.15) is 11.6 Å². The molecule has 2 heterocycles. The lowest BCUT2D eigenvalue weighted by atomic mass is 9.93. The van der Waals surface area contributed by atoms with Crippen molar-refractivity contribution in [2.45, 2.75) is 32.6 Å². The van der Waals surface area contributed by atoms with Crippen molar-refractivity contribution >= 4 is 16.8 Å². The number of aromatic nitrogens is 1. The fourth-order valence-electron chi connectivity index (χ4n) is 3.34. The van der Waals surface area contributed by atoms with E-state index in [2.05, 4.69) is 11.1 Å². The third-order valence-corrected chi connectivity index (χ3v) is 4.58. The van der Waals surface area contributed by atoms with E-state index in [9.17, 15) is 5.26 Å². The molecule has 0 radical (unpaired) electrons. The second-order valence-electron chi connectivity index (χ2n) is 6.12. The number of benzene rings is 1. The number of hydrogen-bond acceptors (Lipinski definition) is 4. The van der Waals surface area contributed by atoms with Gasteiger partial charge < -0.3 is 10.2 Å². The van der Waals surface area contributed by atoms with Crippen molar-refractivity contribution in [2.24, 2.45) is 0 Å². The average Bonchev–Trinajstić information content (AvgIpc) is 2.94. The van der Waals surface area contributed by atoms with Crippen molar-refractivity contribution < 1.29 is 4.42 Å². The summed E-state index contributed by atoms with van der Waals surface area (Å²) < 4.78 is 5.95. The minimum Gasteiger partial charge on any atom is -0.436 e. The van der Waals surface area contributed by atoms with Crippen molar-refractivity contribution in [3.63, 3.8) is 0 Å². The summed E-state index contributed by atoms with van der Waals surface area (Å²) in [6.07, 6.45) is 4.11. The molecule has 2 aromatic heterocycles. The maximum atomic E-state index is 9.66. The van der Waals surface area contributed by atoms with Crippen molar-refractivity contribution in [3.05, 3.63) is 46.6 Å². The SMILES string of the molecule is Cc1ccc(-c2oc3nc4c(c(N)c3c2C#N)CCCC4)cc1. The van der Waals surface area contributed by atoms with Gasteiger partial charge in [0.2, 0.25) is 5.71 Å². The highest BCUT2D eigenvalue weighted by molar-refractivity contribution is 5.98. The molecule has 114 valence electrons. The fraction of sp³-hybridized carbons (Fsp3) is 0.263. The van der Waals surface area contributed by atoms with Crippen LogP contribution in [0.25, 0.3) is 22.4 Å². The smallest absolute Gasteiger partial charge is 0.230 e. The number of nitriles is 1. The summed E-state index contributed by atoms with van der Waals surface area (Å²) in [5.41, 5.74) is 12.2. The standard InChI is InChI=1S/C19H17N3O/c1-11-6-8-12(9-7-11)18-14(10-20)16-17(21)13-4-2-3-5-15(13)22-19(16)23-18/h6-9H,2-5H2,1H3,(H2,21,22). The van der Waals surface area contributed by atoms with Crippen LogP contribution in [0.3, 0.4) is 0 Å². The summed E-state index contributed by atoms with van der Waals surface area (Å²) in [7, 11) is 0. The first kappa shape index (κ1) is 13.8. The Hall–Kier alpha value is -2.80. The topological polar surface area (TPSA) is 75.8 Å². The van der Waals surface area contributed by atoms with Crippen LogP contribution in [0, 0.1) is 18.3 Å². The molecule has 23 heavy (non-hydrogen) atoms. The lowest BCUT2D eigenvalue weighted by Crippen LogP contribution is -2.09. The zero-order valence-electron chi connectivity index (χ0n) is 13.0. The highest BCUT2D eigenvalue weighted by Crippen LogP contribution is 2.39. The predicted molar refractivity (Wildman–Crippen MR) is 90.0 cm³/mol. The Bertz CT molecular complexity index is 946. The fourth-order valence-corrected chi connectivity index (χ4v) is 3.34. The van der Waals surface area contributed by atoms with E-state index in [1.54, 1.807) is 0 Å². The molecule has 0 amide bonds. The summed E-state index contributed by atoms with van der Waals surface area (Å²) in [5, 5.41) is 10.3. The molecule has 0 atom stereocenters. The van der Waals surface area contributed by atoms with Crippen LogP contribution in [0.1, 0.15) is 35.2 Å². The minimum absolute atomic E-state index is 0.482. The summed E-state index contributed by atoms with van der Waals surface area (Å²) in [6.45, 7) is 2.03. The van der Waals surface area contributed by atoms with E-state index in [0.717, 1.165) is 48.1 Å². The van der Waals surface area contributed by atoms with Gasteiger partial charge in [-0.3, -0.25) is 0 Å². The van der Waals surface area contributed by atoms with Gasteiger partial charge in [-0.1, -0.05) is 29.8 Å². The van der Waals surface area contributed by atoms with E-state index in [1.807, 2.05) is 31.2 Å². The van der Waals surface area contributed by atoms with Crippen LogP contribution >= 0.6 is 0 Å². The molecule has 4 heteroatoms. The van der Waals surface area contributed by atoms with E-state index in [-0.39, 0.29) is 0 Å². The maximum Gasteiger partial charge on any atom is 0.230 e. The number of rotatable bonds is 1. The van der Waals surface area contributed by atoms with Gasteiger partial charge in [-0.15, -0.1) is 0 Å². The zero-order valence-corrected chi connectivity index (χ0v) is 13.0. The number of aryl methyl sites for hydroxylation is 2.